The molecule has 184 valence electrons. The first-order valence-corrected chi connectivity index (χ1v) is 10.8. The summed E-state index contributed by atoms with van der Waals surface area (Å²) in [6.45, 7) is 0.143. The first kappa shape index (κ1) is 24.1. The van der Waals surface area contributed by atoms with Crippen molar-refractivity contribution in [2.45, 2.75) is 26.2 Å². The minimum Gasteiger partial charge on any atom is -0.444 e. The van der Waals surface area contributed by atoms with E-state index in [1.165, 1.54) is 18.3 Å². The summed E-state index contributed by atoms with van der Waals surface area (Å²) < 4.78 is 36.0. The summed E-state index contributed by atoms with van der Waals surface area (Å²) in [7, 11) is 0. The quantitative estimate of drug-likeness (QED) is 0.384. The fourth-order valence-corrected chi connectivity index (χ4v) is 3.63. The molecule has 35 heavy (non-hydrogen) atoms. The summed E-state index contributed by atoms with van der Waals surface area (Å²) in [5.41, 5.74) is 2.26. The Balaban J connectivity index is 1.28. The highest BCUT2D eigenvalue weighted by atomic mass is 19.3. The van der Waals surface area contributed by atoms with Crippen molar-refractivity contribution in [1.29, 1.82) is 0 Å². The van der Waals surface area contributed by atoms with E-state index in [-0.39, 0.29) is 30.0 Å². The van der Waals surface area contributed by atoms with E-state index in [9.17, 15) is 23.7 Å². The zero-order chi connectivity index (χ0) is 24.8. The van der Waals surface area contributed by atoms with Gasteiger partial charge in [-0.1, -0.05) is 24.3 Å². The molecular formula is C23H23F2N5O5. The number of hydrogen-bond donors (Lipinski definition) is 1. The first-order chi connectivity index (χ1) is 16.9. The van der Waals surface area contributed by atoms with Crippen molar-refractivity contribution >= 4 is 11.7 Å². The second-order valence-corrected chi connectivity index (χ2v) is 7.86. The number of ether oxygens (including phenoxy) is 2. The molecule has 0 unspecified atom stereocenters. The molecule has 4 rings (SSSR count). The Bertz CT molecular complexity index is 1170. The molecule has 2 aromatic carbocycles. The lowest BCUT2D eigenvalue weighted by atomic mass is 10.1. The van der Waals surface area contributed by atoms with Crippen LogP contribution in [0.5, 0.6) is 11.8 Å². The molecule has 3 aromatic rings. The van der Waals surface area contributed by atoms with Gasteiger partial charge in [0, 0.05) is 43.3 Å². The zero-order valence-corrected chi connectivity index (χ0v) is 18.6. The molecule has 0 fully saturated rings. The SMILES string of the molecule is O=C(NCc1ccc(OC(F)F)cc1)c1ccc(CN2CCOc3nc([N+](=O)[O-])cn3CC2)cc1. The van der Waals surface area contributed by atoms with Crippen molar-refractivity contribution in [3.05, 3.63) is 81.5 Å². The van der Waals surface area contributed by atoms with Crippen molar-refractivity contribution in [3.63, 3.8) is 0 Å². The predicted octanol–water partition coefficient (Wildman–Crippen LogP) is 3.22. The number of rotatable bonds is 8. The molecule has 12 heteroatoms. The van der Waals surface area contributed by atoms with Crippen LogP contribution < -0.4 is 14.8 Å². The van der Waals surface area contributed by atoms with Gasteiger partial charge in [-0.2, -0.15) is 8.78 Å². The van der Waals surface area contributed by atoms with Crippen LogP contribution in [0.1, 0.15) is 21.5 Å². The molecule has 0 saturated carbocycles. The third-order valence-electron chi connectivity index (χ3n) is 5.43. The number of amides is 1. The topological polar surface area (TPSA) is 112 Å². The van der Waals surface area contributed by atoms with Crippen LogP contribution in [-0.2, 0) is 19.6 Å². The number of aromatic nitrogens is 2. The van der Waals surface area contributed by atoms with Gasteiger partial charge < -0.3 is 24.9 Å². The van der Waals surface area contributed by atoms with Crippen molar-refractivity contribution in [1.82, 2.24) is 19.8 Å². The second-order valence-electron chi connectivity index (χ2n) is 7.86. The van der Waals surface area contributed by atoms with Gasteiger partial charge in [-0.05, 0) is 40.3 Å². The highest BCUT2D eigenvalue weighted by Gasteiger charge is 2.23. The Morgan fingerprint density at radius 2 is 1.83 bits per heavy atom. The zero-order valence-electron chi connectivity index (χ0n) is 18.6. The van der Waals surface area contributed by atoms with Gasteiger partial charge in [0.1, 0.15) is 18.6 Å². The summed E-state index contributed by atoms with van der Waals surface area (Å²) in [4.78, 5) is 28.9. The van der Waals surface area contributed by atoms with E-state index >= 15 is 0 Å². The second kappa shape index (κ2) is 10.9. The van der Waals surface area contributed by atoms with E-state index in [0.717, 1.165) is 11.1 Å². The summed E-state index contributed by atoms with van der Waals surface area (Å²) in [6, 6.07) is 13.5. The smallest absolute Gasteiger partial charge is 0.414 e. The highest BCUT2D eigenvalue weighted by molar-refractivity contribution is 5.94. The van der Waals surface area contributed by atoms with Gasteiger partial charge >= 0.3 is 18.4 Å². The fraction of sp³-hybridized carbons (Fsp3) is 0.304. The minimum atomic E-state index is -2.88. The largest absolute Gasteiger partial charge is 0.444 e. The van der Waals surface area contributed by atoms with Crippen LogP contribution in [-0.4, -0.2) is 51.6 Å². The highest BCUT2D eigenvalue weighted by Crippen LogP contribution is 2.20. The third kappa shape index (κ3) is 6.51. The van der Waals surface area contributed by atoms with Crippen molar-refractivity contribution in [2.75, 3.05) is 19.7 Å². The van der Waals surface area contributed by atoms with Gasteiger partial charge in [0.2, 0.25) is 0 Å². The van der Waals surface area contributed by atoms with Crippen LogP contribution in [0.15, 0.2) is 54.7 Å². The number of benzene rings is 2. The van der Waals surface area contributed by atoms with Crippen molar-refractivity contribution in [2.24, 2.45) is 0 Å². The van der Waals surface area contributed by atoms with E-state index in [1.807, 2.05) is 12.1 Å². The maximum absolute atomic E-state index is 12.5. The summed E-state index contributed by atoms with van der Waals surface area (Å²) in [5, 5.41) is 13.7. The van der Waals surface area contributed by atoms with E-state index in [2.05, 4.69) is 19.9 Å². The number of fused-ring (bicyclic) bond motifs is 1. The van der Waals surface area contributed by atoms with Crippen molar-refractivity contribution in [3.8, 4) is 11.8 Å². The van der Waals surface area contributed by atoms with E-state index < -0.39 is 11.5 Å². The molecule has 1 aromatic heterocycles. The summed E-state index contributed by atoms with van der Waals surface area (Å²) in [6.07, 6.45) is 1.37. The van der Waals surface area contributed by atoms with Crippen LogP contribution in [0, 0.1) is 10.1 Å². The van der Waals surface area contributed by atoms with Gasteiger partial charge in [-0.3, -0.25) is 14.3 Å². The summed E-state index contributed by atoms with van der Waals surface area (Å²) in [5.74, 6) is -0.428. The molecule has 0 radical (unpaired) electrons. The van der Waals surface area contributed by atoms with Gasteiger partial charge in [-0.25, -0.2) is 0 Å². The number of imidazole rings is 1. The van der Waals surface area contributed by atoms with Crippen LogP contribution in [0.2, 0.25) is 0 Å². The first-order valence-electron chi connectivity index (χ1n) is 10.8. The number of alkyl halides is 2. The molecule has 1 N–H and O–H groups in total. The molecular weight excluding hydrogens is 464 g/mol. The van der Waals surface area contributed by atoms with Gasteiger partial charge in [0.05, 0.1) is 0 Å². The average molecular weight is 487 g/mol. The molecule has 1 aliphatic rings. The molecule has 0 spiro atoms. The van der Waals surface area contributed by atoms with Crippen molar-refractivity contribution < 1.29 is 28.0 Å². The molecule has 10 nitrogen and oxygen atoms in total. The molecule has 2 heterocycles. The lowest BCUT2D eigenvalue weighted by Crippen LogP contribution is -2.33. The number of carbonyl (C=O) groups is 1. The number of carbonyl (C=O) groups excluding carboxylic acids is 1. The Morgan fingerprint density at radius 1 is 1.11 bits per heavy atom. The van der Waals surface area contributed by atoms with Gasteiger partial charge in [0.25, 0.3) is 5.91 Å². The van der Waals surface area contributed by atoms with Crippen LogP contribution >= 0.6 is 0 Å². The Morgan fingerprint density at radius 3 is 2.51 bits per heavy atom. The fourth-order valence-electron chi connectivity index (χ4n) is 3.63. The number of hydrogen-bond acceptors (Lipinski definition) is 7. The molecule has 0 saturated heterocycles. The van der Waals surface area contributed by atoms with Crippen LogP contribution in [0.4, 0.5) is 14.6 Å². The maximum atomic E-state index is 12.5. The minimum absolute atomic E-state index is 0.0593. The van der Waals surface area contributed by atoms with Gasteiger partial charge in [0.15, 0.2) is 0 Å². The molecule has 1 amide bonds. The summed E-state index contributed by atoms with van der Waals surface area (Å²) >= 11 is 0. The normalized spacial score (nSPS) is 13.9. The van der Waals surface area contributed by atoms with E-state index in [0.29, 0.717) is 38.3 Å². The maximum Gasteiger partial charge on any atom is 0.414 e. The Labute approximate surface area is 199 Å². The molecule has 1 aliphatic heterocycles. The number of nitrogens with one attached hydrogen (secondary N) is 1. The lowest BCUT2D eigenvalue weighted by Gasteiger charge is -2.24. The Kier molecular flexibility index (Phi) is 7.51. The average Bonchev–Trinajstić information content (AvgIpc) is 3.23. The predicted molar refractivity (Wildman–Crippen MR) is 120 cm³/mol. The van der Waals surface area contributed by atoms with Gasteiger partial charge in [-0.15, -0.1) is 0 Å². The monoisotopic (exact) mass is 487 g/mol. The number of nitro groups is 1. The van der Waals surface area contributed by atoms with E-state index in [1.54, 1.807) is 28.8 Å². The molecule has 0 bridgehead atoms. The van der Waals surface area contributed by atoms with E-state index in [4.69, 9.17) is 4.74 Å². The number of halogens is 2. The Hall–Kier alpha value is -4.06. The molecule has 0 atom stereocenters. The van der Waals surface area contributed by atoms with Crippen LogP contribution in [0.25, 0.3) is 0 Å². The standard InChI is InChI=1S/C23H23F2N5O5/c24-22(25)35-19-7-3-16(4-8-19)13-26-21(31)18-5-1-17(2-6-18)14-28-9-10-29-15-20(30(32)33)27-23(29)34-12-11-28/h1-8,15,22H,9-14H2,(H,26,31). The number of nitrogens with zero attached hydrogens (tertiary/aromatic N) is 4. The third-order valence-corrected chi connectivity index (χ3v) is 5.43. The molecule has 0 aliphatic carbocycles. The van der Waals surface area contributed by atoms with Crippen LogP contribution in [0.3, 0.4) is 0 Å². The lowest BCUT2D eigenvalue weighted by molar-refractivity contribution is -0.389.